The van der Waals surface area contributed by atoms with E-state index in [4.69, 9.17) is 4.74 Å². The third-order valence-electron chi connectivity index (χ3n) is 3.51. The average molecular weight is 306 g/mol. The van der Waals surface area contributed by atoms with Gasteiger partial charge in [-0.2, -0.15) is 5.26 Å². The molecular formula is C16H22N2O2S. The summed E-state index contributed by atoms with van der Waals surface area (Å²) >= 11 is 1.46. The topological polar surface area (TPSA) is 62.1 Å². The lowest BCUT2D eigenvalue weighted by molar-refractivity contribution is -0.121. The zero-order chi connectivity index (χ0) is 16.0. The third kappa shape index (κ3) is 4.68. The summed E-state index contributed by atoms with van der Waals surface area (Å²) in [5.41, 5.74) is -0.841. The maximum atomic E-state index is 12.2. The van der Waals surface area contributed by atoms with Crippen LogP contribution in [-0.4, -0.2) is 23.8 Å². The Bertz CT molecular complexity index is 522. The molecule has 1 aromatic rings. The molecule has 0 radical (unpaired) electrons. The van der Waals surface area contributed by atoms with Crippen LogP contribution < -0.4 is 10.1 Å². The number of hydrogen-bond acceptors (Lipinski definition) is 4. The molecule has 2 atom stereocenters. The lowest BCUT2D eigenvalue weighted by atomic mass is 9.90. The van der Waals surface area contributed by atoms with Crippen molar-refractivity contribution >= 4 is 17.7 Å². The molecule has 0 aliphatic heterocycles. The molecule has 1 aromatic carbocycles. The number of amides is 1. The number of nitriles is 1. The summed E-state index contributed by atoms with van der Waals surface area (Å²) in [4.78, 5) is 13.2. The van der Waals surface area contributed by atoms with Gasteiger partial charge in [-0.3, -0.25) is 4.79 Å². The fourth-order valence-electron chi connectivity index (χ4n) is 1.57. The first kappa shape index (κ1) is 17.4. The number of nitrogens with zero attached hydrogens (tertiary/aromatic N) is 1. The Hall–Kier alpha value is -1.67. The number of nitrogens with one attached hydrogen (secondary N) is 1. The quantitative estimate of drug-likeness (QED) is 0.820. The molecule has 0 saturated carbocycles. The SMILES string of the molecule is COc1ccc(S[C@H](C)C(=O)N[C@](C)(C#N)C(C)C)cc1. The Balaban J connectivity index is 2.68. The molecule has 1 rings (SSSR count). The first-order valence-electron chi connectivity index (χ1n) is 6.86. The number of rotatable bonds is 6. The van der Waals surface area contributed by atoms with Gasteiger partial charge < -0.3 is 10.1 Å². The molecule has 21 heavy (non-hydrogen) atoms. The number of thioether (sulfide) groups is 1. The standard InChI is InChI=1S/C16H22N2O2S/c1-11(2)16(4,10-17)18-15(19)12(3)21-14-8-6-13(20-5)7-9-14/h6-9,11-12H,1-5H3,(H,18,19)/t12-,16-/m1/s1. The summed E-state index contributed by atoms with van der Waals surface area (Å²) in [5.74, 6) is 0.700. The first-order valence-corrected chi connectivity index (χ1v) is 7.74. The van der Waals surface area contributed by atoms with Gasteiger partial charge in [-0.15, -0.1) is 11.8 Å². The van der Waals surface area contributed by atoms with E-state index in [0.29, 0.717) is 0 Å². The molecule has 0 heterocycles. The summed E-state index contributed by atoms with van der Waals surface area (Å²) < 4.78 is 5.10. The number of carbonyl (C=O) groups excluding carboxylic acids is 1. The predicted octanol–water partition coefficient (Wildman–Crippen LogP) is 3.23. The van der Waals surface area contributed by atoms with Crippen molar-refractivity contribution in [3.63, 3.8) is 0 Å². The summed E-state index contributed by atoms with van der Waals surface area (Å²) in [6, 6.07) is 9.74. The van der Waals surface area contributed by atoms with Crippen LogP contribution in [0.15, 0.2) is 29.2 Å². The van der Waals surface area contributed by atoms with E-state index in [0.717, 1.165) is 10.6 Å². The fraction of sp³-hybridized carbons (Fsp3) is 0.500. The molecule has 0 aliphatic carbocycles. The minimum Gasteiger partial charge on any atom is -0.497 e. The van der Waals surface area contributed by atoms with Gasteiger partial charge in [0.1, 0.15) is 11.3 Å². The second-order valence-electron chi connectivity index (χ2n) is 5.39. The van der Waals surface area contributed by atoms with Crippen molar-refractivity contribution in [2.24, 2.45) is 5.92 Å². The van der Waals surface area contributed by atoms with Gasteiger partial charge in [0.05, 0.1) is 18.4 Å². The van der Waals surface area contributed by atoms with Gasteiger partial charge in [-0.1, -0.05) is 13.8 Å². The van der Waals surface area contributed by atoms with Gasteiger partial charge in [0.25, 0.3) is 0 Å². The van der Waals surface area contributed by atoms with Crippen LogP contribution in [0.1, 0.15) is 27.7 Å². The second kappa shape index (κ2) is 7.37. The third-order valence-corrected chi connectivity index (χ3v) is 4.62. The molecule has 4 nitrogen and oxygen atoms in total. The smallest absolute Gasteiger partial charge is 0.234 e. The van der Waals surface area contributed by atoms with Crippen molar-refractivity contribution < 1.29 is 9.53 Å². The Morgan fingerprint density at radius 1 is 1.33 bits per heavy atom. The van der Waals surface area contributed by atoms with Crippen LogP contribution in [0.25, 0.3) is 0 Å². The molecule has 1 amide bonds. The molecule has 1 N–H and O–H groups in total. The number of hydrogen-bond donors (Lipinski definition) is 1. The lowest BCUT2D eigenvalue weighted by Crippen LogP contribution is -2.51. The Morgan fingerprint density at radius 3 is 2.33 bits per heavy atom. The first-order chi connectivity index (χ1) is 9.82. The Morgan fingerprint density at radius 2 is 1.90 bits per heavy atom. The van der Waals surface area contributed by atoms with Crippen LogP contribution in [0.4, 0.5) is 0 Å². The van der Waals surface area contributed by atoms with Crippen LogP contribution in [0.3, 0.4) is 0 Å². The Kier molecular flexibility index (Phi) is 6.10. The monoisotopic (exact) mass is 306 g/mol. The maximum absolute atomic E-state index is 12.2. The Labute approximate surface area is 130 Å². The van der Waals surface area contributed by atoms with E-state index in [1.54, 1.807) is 14.0 Å². The van der Waals surface area contributed by atoms with Gasteiger partial charge in [0, 0.05) is 4.90 Å². The lowest BCUT2D eigenvalue weighted by Gasteiger charge is -2.28. The highest BCUT2D eigenvalue weighted by Crippen LogP contribution is 2.26. The fourth-order valence-corrected chi connectivity index (χ4v) is 2.44. The molecule has 0 fully saturated rings. The molecule has 0 aromatic heterocycles. The van der Waals surface area contributed by atoms with Gasteiger partial charge in [-0.05, 0) is 44.0 Å². The van der Waals surface area contributed by atoms with E-state index in [2.05, 4.69) is 11.4 Å². The van der Waals surface area contributed by atoms with Gasteiger partial charge in [0.15, 0.2) is 0 Å². The van der Waals surface area contributed by atoms with Crippen molar-refractivity contribution in [3.8, 4) is 11.8 Å². The van der Waals surface area contributed by atoms with Crippen molar-refractivity contribution in [3.05, 3.63) is 24.3 Å². The largest absolute Gasteiger partial charge is 0.497 e. The summed E-state index contributed by atoms with van der Waals surface area (Å²) in [5, 5.41) is 11.8. The minimum absolute atomic E-state index is 0.0460. The van der Waals surface area contributed by atoms with E-state index in [1.807, 2.05) is 45.0 Å². The van der Waals surface area contributed by atoms with E-state index in [-0.39, 0.29) is 17.1 Å². The normalized spacial score (nSPS) is 14.9. The second-order valence-corrected chi connectivity index (χ2v) is 6.81. The zero-order valence-electron chi connectivity index (χ0n) is 13.1. The van der Waals surface area contributed by atoms with Crippen LogP contribution in [0, 0.1) is 17.2 Å². The van der Waals surface area contributed by atoms with Crippen molar-refractivity contribution in [2.45, 2.75) is 43.4 Å². The molecule has 0 aliphatic rings. The zero-order valence-corrected chi connectivity index (χ0v) is 14.0. The number of methoxy groups -OCH3 is 1. The van der Waals surface area contributed by atoms with E-state index >= 15 is 0 Å². The number of benzene rings is 1. The van der Waals surface area contributed by atoms with Gasteiger partial charge in [-0.25, -0.2) is 0 Å². The molecule has 0 saturated heterocycles. The highest BCUT2D eigenvalue weighted by molar-refractivity contribution is 8.00. The van der Waals surface area contributed by atoms with Crippen molar-refractivity contribution in [1.82, 2.24) is 5.32 Å². The molecular weight excluding hydrogens is 284 g/mol. The minimum atomic E-state index is -0.841. The van der Waals surface area contributed by atoms with Crippen LogP contribution in [0.5, 0.6) is 5.75 Å². The highest BCUT2D eigenvalue weighted by Gasteiger charge is 2.31. The molecule has 114 valence electrons. The molecule has 0 spiro atoms. The van der Waals surface area contributed by atoms with Gasteiger partial charge >= 0.3 is 0 Å². The van der Waals surface area contributed by atoms with E-state index in [9.17, 15) is 10.1 Å². The molecule has 0 bridgehead atoms. The molecule has 0 unspecified atom stereocenters. The number of ether oxygens (including phenoxy) is 1. The van der Waals surface area contributed by atoms with Crippen LogP contribution >= 0.6 is 11.8 Å². The summed E-state index contributed by atoms with van der Waals surface area (Å²) in [7, 11) is 1.62. The maximum Gasteiger partial charge on any atom is 0.234 e. The van der Waals surface area contributed by atoms with E-state index < -0.39 is 5.54 Å². The van der Waals surface area contributed by atoms with Crippen molar-refractivity contribution in [1.29, 1.82) is 5.26 Å². The summed E-state index contributed by atoms with van der Waals surface area (Å²) in [6.45, 7) is 7.43. The van der Waals surface area contributed by atoms with E-state index in [1.165, 1.54) is 11.8 Å². The highest BCUT2D eigenvalue weighted by atomic mass is 32.2. The van der Waals surface area contributed by atoms with Gasteiger partial charge in [0.2, 0.25) is 5.91 Å². The van der Waals surface area contributed by atoms with Crippen LogP contribution in [0.2, 0.25) is 0 Å². The predicted molar refractivity (Wildman–Crippen MR) is 85.3 cm³/mol. The van der Waals surface area contributed by atoms with Crippen LogP contribution in [-0.2, 0) is 4.79 Å². The van der Waals surface area contributed by atoms with Crippen molar-refractivity contribution in [2.75, 3.05) is 7.11 Å². The molecule has 5 heteroatoms. The summed E-state index contributed by atoms with van der Waals surface area (Å²) in [6.07, 6.45) is 0. The average Bonchev–Trinajstić information content (AvgIpc) is 2.47. The number of carbonyl (C=O) groups is 1.